The Balaban J connectivity index is 2.08. The van der Waals surface area contributed by atoms with Crippen LogP contribution in [-0.4, -0.2) is 25.5 Å². The van der Waals surface area contributed by atoms with Crippen LogP contribution < -0.4 is 10.6 Å². The normalized spacial score (nSPS) is 10.2. The van der Waals surface area contributed by atoms with Gasteiger partial charge in [-0.2, -0.15) is 0 Å². The number of rotatable bonds is 5. The molecule has 0 atom stereocenters. The van der Waals surface area contributed by atoms with Gasteiger partial charge in [-0.15, -0.1) is 0 Å². The first-order chi connectivity index (χ1) is 11.0. The van der Waals surface area contributed by atoms with Gasteiger partial charge >= 0.3 is 0 Å². The zero-order chi connectivity index (χ0) is 16.8. The molecule has 5 nitrogen and oxygen atoms in total. The molecule has 0 saturated heterocycles. The van der Waals surface area contributed by atoms with E-state index in [0.29, 0.717) is 22.0 Å². The fraction of sp³-hybridized carbons (Fsp3) is 0.125. The smallest absolute Gasteiger partial charge is 0.255 e. The molecule has 0 heterocycles. The van der Waals surface area contributed by atoms with Crippen LogP contribution in [0.3, 0.4) is 0 Å². The topological polar surface area (TPSA) is 67.4 Å². The molecule has 0 aliphatic rings. The van der Waals surface area contributed by atoms with Gasteiger partial charge in [0, 0.05) is 27.6 Å². The van der Waals surface area contributed by atoms with Crippen LogP contribution in [0, 0.1) is 3.57 Å². The third-order valence-electron chi connectivity index (χ3n) is 2.86. The van der Waals surface area contributed by atoms with Crippen LogP contribution >= 0.6 is 34.2 Å². The van der Waals surface area contributed by atoms with Gasteiger partial charge in [0.15, 0.2) is 0 Å². The zero-order valence-corrected chi connectivity index (χ0v) is 15.1. The minimum Gasteiger partial charge on any atom is -0.375 e. The summed E-state index contributed by atoms with van der Waals surface area (Å²) in [5, 5.41) is 6.06. The number of anilines is 2. The second kappa shape index (κ2) is 8.28. The van der Waals surface area contributed by atoms with E-state index < -0.39 is 0 Å². The minimum absolute atomic E-state index is 0.0280. The number of ether oxygens (including phenoxy) is 1. The zero-order valence-electron chi connectivity index (χ0n) is 12.2. The largest absolute Gasteiger partial charge is 0.375 e. The van der Waals surface area contributed by atoms with E-state index >= 15 is 0 Å². The number of carbonyl (C=O) groups is 2. The molecule has 0 unspecified atom stereocenters. The highest BCUT2D eigenvalue weighted by atomic mass is 127. The summed E-state index contributed by atoms with van der Waals surface area (Å²) in [6, 6.07) is 11.9. The number of methoxy groups -OCH3 is 1. The van der Waals surface area contributed by atoms with E-state index in [9.17, 15) is 9.59 Å². The summed E-state index contributed by atoms with van der Waals surface area (Å²) < 4.78 is 5.56. The Morgan fingerprint density at radius 2 is 1.83 bits per heavy atom. The van der Waals surface area contributed by atoms with Crippen LogP contribution in [0.15, 0.2) is 42.5 Å². The first-order valence-corrected chi connectivity index (χ1v) is 8.10. The van der Waals surface area contributed by atoms with Crippen molar-refractivity contribution < 1.29 is 14.3 Å². The minimum atomic E-state index is -0.261. The summed E-state index contributed by atoms with van der Waals surface area (Å²) in [6.45, 7) is -0.0280. The van der Waals surface area contributed by atoms with E-state index in [4.69, 9.17) is 16.3 Å². The summed E-state index contributed by atoms with van der Waals surface area (Å²) in [4.78, 5) is 23.7. The average molecular weight is 445 g/mol. The molecule has 0 aliphatic carbocycles. The molecule has 0 radical (unpaired) electrons. The maximum atomic E-state index is 12.2. The van der Waals surface area contributed by atoms with Gasteiger partial charge in [-0.3, -0.25) is 9.59 Å². The first-order valence-electron chi connectivity index (χ1n) is 6.65. The van der Waals surface area contributed by atoms with E-state index in [1.165, 1.54) is 7.11 Å². The van der Waals surface area contributed by atoms with Crippen molar-refractivity contribution in [3.8, 4) is 0 Å². The number of benzene rings is 2. The summed E-state index contributed by atoms with van der Waals surface area (Å²) in [5.74, 6) is -0.511. The molecule has 0 saturated carbocycles. The Labute approximate surface area is 152 Å². The van der Waals surface area contributed by atoms with Crippen LogP contribution in [0.1, 0.15) is 10.4 Å². The van der Waals surface area contributed by atoms with Crippen molar-refractivity contribution in [2.24, 2.45) is 0 Å². The van der Waals surface area contributed by atoms with Crippen molar-refractivity contribution in [2.75, 3.05) is 24.4 Å². The number of hydrogen-bond donors (Lipinski definition) is 2. The average Bonchev–Trinajstić information content (AvgIpc) is 2.50. The maximum absolute atomic E-state index is 12.2. The fourth-order valence-electron chi connectivity index (χ4n) is 1.84. The van der Waals surface area contributed by atoms with Gasteiger partial charge < -0.3 is 15.4 Å². The molecule has 2 aromatic carbocycles. The van der Waals surface area contributed by atoms with Gasteiger partial charge in [-0.1, -0.05) is 17.7 Å². The van der Waals surface area contributed by atoms with E-state index in [1.54, 1.807) is 42.5 Å². The molecule has 120 valence electrons. The van der Waals surface area contributed by atoms with Gasteiger partial charge in [0.05, 0.1) is 5.02 Å². The molecule has 0 spiro atoms. The summed E-state index contributed by atoms with van der Waals surface area (Å²) in [5.41, 5.74) is 1.67. The van der Waals surface area contributed by atoms with Crippen LogP contribution in [0.4, 0.5) is 11.4 Å². The number of halogens is 2. The number of amides is 2. The molecular weight excluding hydrogens is 431 g/mol. The highest BCUT2D eigenvalue weighted by molar-refractivity contribution is 14.1. The van der Waals surface area contributed by atoms with Gasteiger partial charge in [0.25, 0.3) is 5.91 Å². The molecule has 2 amide bonds. The Hall–Kier alpha value is -1.64. The van der Waals surface area contributed by atoms with E-state index in [-0.39, 0.29) is 18.4 Å². The monoisotopic (exact) mass is 444 g/mol. The standard InChI is InChI=1S/C16H14ClIN2O3/c1-23-9-15(21)19-11-3-2-4-12(8-11)20-16(22)10-5-6-13(17)14(18)7-10/h2-8H,9H2,1H3,(H,19,21)(H,20,22). The highest BCUT2D eigenvalue weighted by Gasteiger charge is 2.09. The molecule has 0 aliphatic heterocycles. The Bertz CT molecular complexity index is 737. The van der Waals surface area contributed by atoms with E-state index in [1.807, 2.05) is 0 Å². The third kappa shape index (κ3) is 5.19. The predicted molar refractivity (Wildman–Crippen MR) is 99.1 cm³/mol. The van der Waals surface area contributed by atoms with Crippen molar-refractivity contribution in [3.05, 3.63) is 56.6 Å². The number of nitrogens with one attached hydrogen (secondary N) is 2. The van der Waals surface area contributed by atoms with Gasteiger partial charge in [-0.25, -0.2) is 0 Å². The maximum Gasteiger partial charge on any atom is 0.255 e. The first kappa shape index (κ1) is 17.7. The molecule has 2 aromatic rings. The summed E-state index contributed by atoms with van der Waals surface area (Å²) >= 11 is 8.02. The van der Waals surface area contributed by atoms with Crippen LogP contribution in [0.2, 0.25) is 5.02 Å². The SMILES string of the molecule is COCC(=O)Nc1cccc(NC(=O)c2ccc(Cl)c(I)c2)c1. The molecular formula is C16H14ClIN2O3. The van der Waals surface area contributed by atoms with E-state index in [0.717, 1.165) is 3.57 Å². The summed E-state index contributed by atoms with van der Waals surface area (Å²) in [7, 11) is 1.45. The second-order valence-electron chi connectivity index (χ2n) is 4.65. The van der Waals surface area contributed by atoms with E-state index in [2.05, 4.69) is 33.2 Å². The molecule has 0 aromatic heterocycles. The van der Waals surface area contributed by atoms with Gasteiger partial charge in [0.2, 0.25) is 5.91 Å². The van der Waals surface area contributed by atoms with Crippen molar-refractivity contribution in [2.45, 2.75) is 0 Å². The quantitative estimate of drug-likeness (QED) is 0.690. The molecule has 0 fully saturated rings. The Kier molecular flexibility index (Phi) is 6.37. The fourth-order valence-corrected chi connectivity index (χ4v) is 2.48. The number of hydrogen-bond acceptors (Lipinski definition) is 3. The van der Waals surface area contributed by atoms with Crippen LogP contribution in [-0.2, 0) is 9.53 Å². The molecule has 0 bridgehead atoms. The highest BCUT2D eigenvalue weighted by Crippen LogP contribution is 2.21. The van der Waals surface area contributed by atoms with Crippen LogP contribution in [0.25, 0.3) is 0 Å². The van der Waals surface area contributed by atoms with Crippen molar-refractivity contribution >= 4 is 57.4 Å². The molecule has 2 N–H and O–H groups in total. The molecule has 23 heavy (non-hydrogen) atoms. The van der Waals surface area contributed by atoms with Gasteiger partial charge in [-0.05, 0) is 59.0 Å². The Morgan fingerprint density at radius 1 is 1.13 bits per heavy atom. The van der Waals surface area contributed by atoms with Crippen LogP contribution in [0.5, 0.6) is 0 Å². The lowest BCUT2D eigenvalue weighted by molar-refractivity contribution is -0.119. The molecule has 7 heteroatoms. The van der Waals surface area contributed by atoms with Crippen molar-refractivity contribution in [1.82, 2.24) is 0 Å². The number of carbonyl (C=O) groups excluding carboxylic acids is 2. The predicted octanol–water partition coefficient (Wildman–Crippen LogP) is 3.78. The van der Waals surface area contributed by atoms with Crippen molar-refractivity contribution in [1.29, 1.82) is 0 Å². The Morgan fingerprint density at radius 3 is 2.48 bits per heavy atom. The lowest BCUT2D eigenvalue weighted by Gasteiger charge is -2.09. The summed E-state index contributed by atoms with van der Waals surface area (Å²) in [6.07, 6.45) is 0. The lowest BCUT2D eigenvalue weighted by atomic mass is 10.2. The van der Waals surface area contributed by atoms with Gasteiger partial charge in [0.1, 0.15) is 6.61 Å². The molecule has 2 rings (SSSR count). The third-order valence-corrected chi connectivity index (χ3v) is 4.40. The second-order valence-corrected chi connectivity index (χ2v) is 6.21. The van der Waals surface area contributed by atoms with Crippen molar-refractivity contribution in [3.63, 3.8) is 0 Å². The lowest BCUT2D eigenvalue weighted by Crippen LogP contribution is -2.17.